The quantitative estimate of drug-likeness (QED) is 0.294. The van der Waals surface area contributed by atoms with E-state index in [1.807, 2.05) is 0 Å². The van der Waals surface area contributed by atoms with Gasteiger partial charge in [0.1, 0.15) is 0 Å². The Labute approximate surface area is 193 Å². The Morgan fingerprint density at radius 1 is 1.14 bits per heavy atom. The number of rotatable bonds is 7. The first-order chi connectivity index (χ1) is 13.4. The molecule has 3 fully saturated rings. The van der Waals surface area contributed by atoms with Gasteiger partial charge < -0.3 is 15.4 Å². The molecule has 1 aliphatic heterocycles. The van der Waals surface area contributed by atoms with Crippen molar-refractivity contribution in [3.63, 3.8) is 0 Å². The summed E-state index contributed by atoms with van der Waals surface area (Å²) in [6.45, 7) is 8.54. The lowest BCUT2D eigenvalue weighted by Crippen LogP contribution is -2.65. The van der Waals surface area contributed by atoms with E-state index in [0.29, 0.717) is 25.2 Å². The summed E-state index contributed by atoms with van der Waals surface area (Å²) in [5, 5.41) is 7.28. The summed E-state index contributed by atoms with van der Waals surface area (Å²) < 4.78 is 31.8. The third kappa shape index (κ3) is 5.57. The van der Waals surface area contributed by atoms with Gasteiger partial charge in [-0.25, -0.2) is 12.7 Å². The van der Waals surface area contributed by atoms with Crippen LogP contribution in [0.25, 0.3) is 0 Å². The Hall–Kier alpha value is -0.130. The predicted octanol–water partition coefficient (Wildman–Crippen LogP) is 2.71. The number of halogens is 1. The van der Waals surface area contributed by atoms with Crippen LogP contribution in [0.2, 0.25) is 0 Å². The number of hydrogen-bond acceptors (Lipinski definition) is 4. The molecular formula is C20H39IN4O3S. The number of ether oxygens (including phenoxy) is 1. The monoisotopic (exact) mass is 542 g/mol. The minimum atomic E-state index is -3.08. The Bertz CT molecular complexity index is 644. The average molecular weight is 543 g/mol. The van der Waals surface area contributed by atoms with Crippen LogP contribution in [0.5, 0.6) is 0 Å². The van der Waals surface area contributed by atoms with Gasteiger partial charge in [0.05, 0.1) is 11.9 Å². The van der Waals surface area contributed by atoms with Gasteiger partial charge in [-0.2, -0.15) is 0 Å². The number of nitrogens with zero attached hydrogens (tertiary/aromatic N) is 2. The van der Waals surface area contributed by atoms with Crippen LogP contribution < -0.4 is 10.6 Å². The SMILES string of the molecule is CCN=C(NC1CCN(S(=O)(=O)CC)CC1)NC1CC(OCC)C12CCCC2.I. The van der Waals surface area contributed by atoms with E-state index in [9.17, 15) is 8.42 Å². The summed E-state index contributed by atoms with van der Waals surface area (Å²) in [6, 6.07) is 0.688. The van der Waals surface area contributed by atoms with E-state index in [1.54, 1.807) is 11.2 Å². The smallest absolute Gasteiger partial charge is 0.213 e. The predicted molar refractivity (Wildman–Crippen MR) is 128 cm³/mol. The van der Waals surface area contributed by atoms with E-state index >= 15 is 0 Å². The fourth-order valence-electron chi connectivity index (χ4n) is 5.20. The van der Waals surface area contributed by atoms with Crippen LogP contribution in [0.3, 0.4) is 0 Å². The molecule has 0 radical (unpaired) electrons. The molecule has 1 heterocycles. The Balaban J connectivity index is 0.00000300. The fraction of sp³-hybridized carbons (Fsp3) is 0.950. The highest BCUT2D eigenvalue weighted by Crippen LogP contribution is 2.54. The highest BCUT2D eigenvalue weighted by Gasteiger charge is 2.57. The molecule has 170 valence electrons. The van der Waals surface area contributed by atoms with Crippen LogP contribution in [0, 0.1) is 5.41 Å². The second-order valence-corrected chi connectivity index (χ2v) is 10.6. The first-order valence-corrected chi connectivity index (χ1v) is 12.7. The molecule has 0 amide bonds. The second kappa shape index (κ2) is 10.9. The molecule has 1 saturated heterocycles. The van der Waals surface area contributed by atoms with Crippen LogP contribution in [0.4, 0.5) is 0 Å². The van der Waals surface area contributed by atoms with Gasteiger partial charge >= 0.3 is 0 Å². The molecule has 2 N–H and O–H groups in total. The van der Waals surface area contributed by atoms with Gasteiger partial charge in [-0.3, -0.25) is 4.99 Å². The number of nitrogens with one attached hydrogen (secondary N) is 2. The molecule has 2 aliphatic carbocycles. The highest BCUT2D eigenvalue weighted by molar-refractivity contribution is 14.0. The average Bonchev–Trinajstić information content (AvgIpc) is 3.21. The molecule has 0 aromatic carbocycles. The normalized spacial score (nSPS) is 28.0. The van der Waals surface area contributed by atoms with Crippen LogP contribution in [-0.4, -0.2) is 68.9 Å². The summed E-state index contributed by atoms with van der Waals surface area (Å²) in [5.41, 5.74) is 0.269. The lowest BCUT2D eigenvalue weighted by molar-refractivity contribution is -0.125. The van der Waals surface area contributed by atoms with Crippen molar-refractivity contribution in [3.05, 3.63) is 0 Å². The van der Waals surface area contributed by atoms with E-state index in [2.05, 4.69) is 29.5 Å². The van der Waals surface area contributed by atoms with Gasteiger partial charge in [-0.05, 0) is 52.9 Å². The molecule has 0 aromatic rings. The fourth-order valence-corrected chi connectivity index (χ4v) is 6.33. The number of sulfonamides is 1. The van der Waals surface area contributed by atoms with Gasteiger partial charge in [0.15, 0.2) is 5.96 Å². The van der Waals surface area contributed by atoms with E-state index in [-0.39, 0.29) is 41.2 Å². The van der Waals surface area contributed by atoms with Crippen LogP contribution in [-0.2, 0) is 14.8 Å². The van der Waals surface area contributed by atoms with E-state index in [1.165, 1.54) is 25.7 Å². The number of aliphatic imine (C=N–C) groups is 1. The Morgan fingerprint density at radius 3 is 2.34 bits per heavy atom. The second-order valence-electron chi connectivity index (χ2n) is 8.36. The molecule has 2 saturated carbocycles. The summed E-state index contributed by atoms with van der Waals surface area (Å²) >= 11 is 0. The highest BCUT2D eigenvalue weighted by atomic mass is 127. The number of guanidine groups is 1. The van der Waals surface area contributed by atoms with Crippen LogP contribution in [0.1, 0.15) is 65.7 Å². The van der Waals surface area contributed by atoms with Crippen molar-refractivity contribution in [2.45, 2.75) is 83.9 Å². The molecule has 29 heavy (non-hydrogen) atoms. The van der Waals surface area contributed by atoms with Crippen molar-refractivity contribution in [1.29, 1.82) is 0 Å². The first kappa shape index (κ1) is 25.1. The Kier molecular flexibility index (Phi) is 9.49. The third-order valence-corrected chi connectivity index (χ3v) is 8.75. The minimum Gasteiger partial charge on any atom is -0.378 e. The number of hydrogen-bond donors (Lipinski definition) is 2. The molecular weight excluding hydrogens is 503 g/mol. The van der Waals surface area contributed by atoms with Gasteiger partial charge in [-0.1, -0.05) is 12.8 Å². The zero-order chi connectivity index (χ0) is 20.2. The standard InChI is InChI=1S/C20H38N4O3S.HI/c1-4-21-19(22-16-9-13-24(14-10-16)28(25,26)6-3)23-17-15-18(27-5-2)20(17)11-7-8-12-20;/h16-18H,4-15H2,1-3H3,(H2,21,22,23);1H. The first-order valence-electron chi connectivity index (χ1n) is 11.1. The maximum absolute atomic E-state index is 12.1. The molecule has 2 atom stereocenters. The summed E-state index contributed by atoms with van der Waals surface area (Å²) in [6.07, 6.45) is 8.12. The van der Waals surface area contributed by atoms with E-state index in [4.69, 9.17) is 4.74 Å². The topological polar surface area (TPSA) is 83.0 Å². The summed E-state index contributed by atoms with van der Waals surface area (Å²) in [7, 11) is -3.08. The van der Waals surface area contributed by atoms with Crippen molar-refractivity contribution in [2.24, 2.45) is 10.4 Å². The van der Waals surface area contributed by atoms with Crippen molar-refractivity contribution in [1.82, 2.24) is 14.9 Å². The maximum Gasteiger partial charge on any atom is 0.213 e. The zero-order valence-corrected chi connectivity index (χ0v) is 21.3. The lowest BCUT2D eigenvalue weighted by atomic mass is 9.60. The van der Waals surface area contributed by atoms with Crippen molar-refractivity contribution < 1.29 is 13.2 Å². The third-order valence-electron chi connectivity index (χ3n) is 6.87. The Morgan fingerprint density at radius 2 is 1.79 bits per heavy atom. The van der Waals surface area contributed by atoms with Gasteiger partial charge in [0.2, 0.25) is 10.0 Å². The van der Waals surface area contributed by atoms with Gasteiger partial charge in [0, 0.05) is 43.7 Å². The summed E-state index contributed by atoms with van der Waals surface area (Å²) in [5.74, 6) is 1.06. The summed E-state index contributed by atoms with van der Waals surface area (Å²) in [4.78, 5) is 4.67. The molecule has 3 rings (SSSR count). The molecule has 0 bridgehead atoms. The van der Waals surface area contributed by atoms with Crippen molar-refractivity contribution >= 4 is 40.0 Å². The molecule has 9 heteroatoms. The molecule has 1 spiro atoms. The number of piperidine rings is 1. The zero-order valence-electron chi connectivity index (χ0n) is 18.2. The molecule has 0 aromatic heterocycles. The lowest BCUT2D eigenvalue weighted by Gasteiger charge is -2.54. The van der Waals surface area contributed by atoms with Gasteiger partial charge in [-0.15, -0.1) is 24.0 Å². The van der Waals surface area contributed by atoms with Crippen LogP contribution in [0.15, 0.2) is 4.99 Å². The van der Waals surface area contributed by atoms with Gasteiger partial charge in [0.25, 0.3) is 0 Å². The van der Waals surface area contributed by atoms with Crippen LogP contribution >= 0.6 is 24.0 Å². The minimum absolute atomic E-state index is 0. The molecule has 2 unspecified atom stereocenters. The van der Waals surface area contributed by atoms with Crippen molar-refractivity contribution in [3.8, 4) is 0 Å². The van der Waals surface area contributed by atoms with E-state index < -0.39 is 10.0 Å². The maximum atomic E-state index is 12.1. The van der Waals surface area contributed by atoms with Crippen molar-refractivity contribution in [2.75, 3.05) is 32.0 Å². The molecule has 3 aliphatic rings. The van der Waals surface area contributed by atoms with E-state index in [0.717, 1.165) is 38.4 Å². The molecule has 7 nitrogen and oxygen atoms in total. The largest absolute Gasteiger partial charge is 0.378 e.